The van der Waals surface area contributed by atoms with Gasteiger partial charge in [-0.05, 0) is 30.3 Å². The second-order valence-electron chi connectivity index (χ2n) is 6.83. The molecule has 0 atom stereocenters. The average Bonchev–Trinajstić information content (AvgIpc) is 3.39. The molecular weight excluding hydrogens is 446 g/mol. The van der Waals surface area contributed by atoms with Crippen LogP contribution >= 0.6 is 0 Å². The number of H-pyrrole nitrogens is 1. The largest absolute Gasteiger partial charge is 0.435 e. The third-order valence-corrected chi connectivity index (χ3v) is 4.52. The summed E-state index contributed by atoms with van der Waals surface area (Å²) in [6.07, 6.45) is -3.39. The molecule has 0 saturated carbocycles. The molecule has 0 aliphatic rings. The molecule has 4 rings (SSSR count). The number of urea groups is 1. The number of hydrogen-bond acceptors (Lipinski definition) is 4. The van der Waals surface area contributed by atoms with Gasteiger partial charge in [-0.25, -0.2) is 14.6 Å². The number of benzene rings is 2. The Labute approximate surface area is 182 Å². The molecule has 33 heavy (non-hydrogen) atoms. The molecule has 9 nitrogen and oxygen atoms in total. The fourth-order valence-corrected chi connectivity index (χ4v) is 2.99. The number of carbonyl (C=O) groups is 2. The molecule has 4 aromatic rings. The Balaban J connectivity index is 1.50. The number of nitrogens with zero attached hydrogens (tertiary/aromatic N) is 3. The summed E-state index contributed by atoms with van der Waals surface area (Å²) in [4.78, 5) is 25.3. The van der Waals surface area contributed by atoms with Gasteiger partial charge in [0.1, 0.15) is 5.82 Å². The topological polar surface area (TPSA) is 117 Å². The van der Waals surface area contributed by atoms with Gasteiger partial charge in [0.2, 0.25) is 0 Å². The maximum absolute atomic E-state index is 13.7. The molecule has 2 aromatic carbocycles. The highest BCUT2D eigenvalue weighted by atomic mass is 19.4. The van der Waals surface area contributed by atoms with Crippen molar-refractivity contribution in [2.45, 2.75) is 12.7 Å². The summed E-state index contributed by atoms with van der Waals surface area (Å²) in [5.74, 6) is -1.32. The lowest BCUT2D eigenvalue weighted by atomic mass is 10.2. The number of nitrogens with one attached hydrogen (secondary N) is 4. The summed E-state index contributed by atoms with van der Waals surface area (Å²) in [5.41, 5.74) is 1.52. The molecule has 0 spiro atoms. The lowest BCUT2D eigenvalue weighted by molar-refractivity contribution is -0.141. The van der Waals surface area contributed by atoms with Crippen LogP contribution < -0.4 is 16.1 Å². The third-order valence-electron chi connectivity index (χ3n) is 4.52. The first-order valence-corrected chi connectivity index (χ1v) is 9.41. The van der Waals surface area contributed by atoms with Crippen molar-refractivity contribution in [3.8, 4) is 0 Å². The molecule has 0 aliphatic heterocycles. The number of aromatic amines is 1. The number of amides is 3. The smallest absolute Gasteiger partial charge is 0.332 e. The van der Waals surface area contributed by atoms with Gasteiger partial charge in [0.15, 0.2) is 5.69 Å². The van der Waals surface area contributed by atoms with E-state index in [1.165, 1.54) is 24.4 Å². The van der Waals surface area contributed by atoms with Crippen LogP contribution in [0.2, 0.25) is 0 Å². The van der Waals surface area contributed by atoms with Crippen LogP contribution in [0.4, 0.5) is 28.0 Å². The predicted octanol–water partition coefficient (Wildman–Crippen LogP) is 3.62. The molecule has 2 aromatic heterocycles. The molecule has 13 heteroatoms. The van der Waals surface area contributed by atoms with E-state index in [1.807, 2.05) is 0 Å². The number of carbonyl (C=O) groups excluding carboxylic acids is 2. The Hall–Kier alpha value is -4.42. The lowest BCUT2D eigenvalue weighted by Gasteiger charge is -2.11. The Morgan fingerprint density at radius 3 is 2.58 bits per heavy atom. The van der Waals surface area contributed by atoms with E-state index in [-0.39, 0.29) is 16.9 Å². The minimum absolute atomic E-state index is 0.109. The average molecular weight is 461 g/mol. The van der Waals surface area contributed by atoms with E-state index in [2.05, 4.69) is 31.4 Å². The zero-order chi connectivity index (χ0) is 23.6. The summed E-state index contributed by atoms with van der Waals surface area (Å²) in [6.45, 7) is -0.423. The molecule has 0 bridgehead atoms. The molecule has 0 aliphatic carbocycles. The van der Waals surface area contributed by atoms with Crippen LogP contribution in [0.25, 0.3) is 10.9 Å². The van der Waals surface area contributed by atoms with Gasteiger partial charge in [0.05, 0.1) is 29.6 Å². The van der Waals surface area contributed by atoms with Crippen molar-refractivity contribution in [2.24, 2.45) is 0 Å². The second-order valence-corrected chi connectivity index (χ2v) is 6.83. The van der Waals surface area contributed by atoms with Gasteiger partial charge >= 0.3 is 12.2 Å². The van der Waals surface area contributed by atoms with Crippen LogP contribution in [-0.4, -0.2) is 32.0 Å². The number of halogens is 4. The number of anilines is 1. The minimum atomic E-state index is -4.77. The molecule has 0 fully saturated rings. The van der Waals surface area contributed by atoms with Gasteiger partial charge in [-0.1, -0.05) is 18.2 Å². The Bertz CT molecular complexity index is 1320. The molecule has 0 saturated heterocycles. The molecule has 0 radical (unpaired) electrons. The lowest BCUT2D eigenvalue weighted by Crippen LogP contribution is -2.32. The van der Waals surface area contributed by atoms with Crippen LogP contribution in [0, 0.1) is 5.82 Å². The third kappa shape index (κ3) is 4.92. The van der Waals surface area contributed by atoms with Gasteiger partial charge in [-0.15, -0.1) is 5.10 Å². The van der Waals surface area contributed by atoms with Crippen LogP contribution in [0.3, 0.4) is 0 Å². The molecule has 3 amide bonds. The van der Waals surface area contributed by atoms with Crippen LogP contribution in [0.15, 0.2) is 54.7 Å². The van der Waals surface area contributed by atoms with E-state index in [4.69, 9.17) is 0 Å². The van der Waals surface area contributed by atoms with Gasteiger partial charge < -0.3 is 10.6 Å². The fraction of sp³-hybridized carbons (Fsp3) is 0.100. The van der Waals surface area contributed by atoms with Crippen molar-refractivity contribution in [3.63, 3.8) is 0 Å². The van der Waals surface area contributed by atoms with E-state index in [9.17, 15) is 27.2 Å². The van der Waals surface area contributed by atoms with Crippen molar-refractivity contribution >= 4 is 28.5 Å². The van der Waals surface area contributed by atoms with Crippen LogP contribution in [0.1, 0.15) is 21.7 Å². The van der Waals surface area contributed by atoms with Crippen LogP contribution in [-0.2, 0) is 12.7 Å². The molecule has 2 heterocycles. The molecule has 4 N–H and O–H groups in total. The first-order valence-electron chi connectivity index (χ1n) is 9.41. The maximum atomic E-state index is 13.7. The molecular formula is C20H15F4N7O2. The Kier molecular flexibility index (Phi) is 5.69. The Morgan fingerprint density at radius 2 is 1.85 bits per heavy atom. The van der Waals surface area contributed by atoms with E-state index in [0.29, 0.717) is 21.8 Å². The van der Waals surface area contributed by atoms with Gasteiger partial charge in [-0.2, -0.15) is 23.1 Å². The standard InChI is InChI=1S/C20H15F4N7O2/c21-12-6-15(14-10-26-28-16(14)7-12)27-19(33)25-9-13-8-17(20(22,23)24)29-31(13)30-18(32)11-4-2-1-3-5-11/h1-8,10H,9H2,(H,26,28)(H,30,32)(H2,25,27,33). The highest BCUT2D eigenvalue weighted by molar-refractivity contribution is 6.00. The van der Waals surface area contributed by atoms with Crippen molar-refractivity contribution in [3.05, 3.63) is 77.5 Å². The fourth-order valence-electron chi connectivity index (χ4n) is 2.99. The minimum Gasteiger partial charge on any atom is -0.332 e. The van der Waals surface area contributed by atoms with Gasteiger partial charge in [0, 0.05) is 10.9 Å². The maximum Gasteiger partial charge on any atom is 0.435 e. The normalized spacial score (nSPS) is 11.4. The van der Waals surface area contributed by atoms with Crippen molar-refractivity contribution in [1.82, 2.24) is 25.4 Å². The van der Waals surface area contributed by atoms with Crippen LogP contribution in [0.5, 0.6) is 0 Å². The first-order chi connectivity index (χ1) is 15.7. The zero-order valence-electron chi connectivity index (χ0n) is 16.6. The summed E-state index contributed by atoms with van der Waals surface area (Å²) in [5, 5.41) is 14.9. The molecule has 170 valence electrons. The zero-order valence-corrected chi connectivity index (χ0v) is 16.6. The Morgan fingerprint density at radius 1 is 1.09 bits per heavy atom. The highest BCUT2D eigenvalue weighted by Crippen LogP contribution is 2.28. The van der Waals surface area contributed by atoms with E-state index in [0.717, 1.165) is 6.07 Å². The number of aromatic nitrogens is 4. The number of alkyl halides is 3. The van der Waals surface area contributed by atoms with Crippen molar-refractivity contribution in [1.29, 1.82) is 0 Å². The summed E-state index contributed by atoms with van der Waals surface area (Å²) in [6, 6.07) is 9.96. The van der Waals surface area contributed by atoms with Gasteiger partial charge in [0.25, 0.3) is 5.91 Å². The second kappa shape index (κ2) is 8.61. The quantitative estimate of drug-likeness (QED) is 0.340. The predicted molar refractivity (Wildman–Crippen MR) is 109 cm³/mol. The summed E-state index contributed by atoms with van der Waals surface area (Å²) < 4.78 is 53.2. The number of fused-ring (bicyclic) bond motifs is 1. The van der Waals surface area contributed by atoms with E-state index >= 15 is 0 Å². The summed E-state index contributed by atoms with van der Waals surface area (Å²) >= 11 is 0. The summed E-state index contributed by atoms with van der Waals surface area (Å²) in [7, 11) is 0. The van der Waals surface area contributed by atoms with E-state index < -0.39 is 36.2 Å². The van der Waals surface area contributed by atoms with Crippen molar-refractivity contribution < 1.29 is 27.2 Å². The SMILES string of the molecule is O=C(NCc1cc(C(F)(F)F)nn1NC(=O)c1ccccc1)Nc1cc(F)cc2[nH]ncc12. The number of rotatable bonds is 5. The van der Waals surface area contributed by atoms with Gasteiger partial charge in [-0.3, -0.25) is 9.89 Å². The van der Waals surface area contributed by atoms with Crippen molar-refractivity contribution in [2.75, 3.05) is 10.7 Å². The first kappa shape index (κ1) is 21.8. The highest BCUT2D eigenvalue weighted by Gasteiger charge is 2.35. The van der Waals surface area contributed by atoms with E-state index in [1.54, 1.807) is 18.2 Å². The molecule has 0 unspecified atom stereocenters. The number of hydrogen-bond donors (Lipinski definition) is 4. The monoisotopic (exact) mass is 461 g/mol.